The molecule has 76 heavy (non-hydrogen) atoms. The van der Waals surface area contributed by atoms with Crippen molar-refractivity contribution < 1.29 is 57.1 Å². The molecule has 1 heterocycles. The lowest BCUT2D eigenvalue weighted by atomic mass is 9.97. The number of alkyl carbamates (subject to hydrolysis) is 1. The quantitative estimate of drug-likeness (QED) is 0.0374. The standard InChI is InChI=1S/C63H109NO12/c1-5-9-13-17-21-25-29-37-45-55(65)71-52-54-59(74-56(66)46-38-30-26-22-18-14-10-6-2)60(75-57(67)47-39-31-27-23-19-15-11-7-3)61(76-58(68)48-40-32-28-24-20-16-12-8-4)62(73-54)70-50-42-34-41-49-64-63(69)72-51-53-43-35-33-36-44-53/h33,35-36,43-44,54,59-62H,5-32,34,37-42,45-52H2,1-4H3,(H,64,69)/t54-,59-,60+,61-,62-/m1/s1. The van der Waals surface area contributed by atoms with Gasteiger partial charge in [0.1, 0.15) is 19.3 Å². The Morgan fingerprint density at radius 3 is 1.25 bits per heavy atom. The fourth-order valence-corrected chi connectivity index (χ4v) is 9.61. The molecule has 0 aliphatic carbocycles. The number of benzene rings is 1. The van der Waals surface area contributed by atoms with Crippen LogP contribution in [0.2, 0.25) is 0 Å². The van der Waals surface area contributed by atoms with Crippen molar-refractivity contribution in [3.05, 3.63) is 35.9 Å². The third-order valence-corrected chi connectivity index (χ3v) is 14.3. The van der Waals surface area contributed by atoms with Crippen molar-refractivity contribution in [2.45, 2.75) is 315 Å². The Balaban J connectivity index is 2.33. The van der Waals surface area contributed by atoms with E-state index in [0.29, 0.717) is 51.5 Å². The van der Waals surface area contributed by atoms with Crippen LogP contribution in [0.1, 0.15) is 284 Å². The van der Waals surface area contributed by atoms with Crippen LogP contribution in [0.15, 0.2) is 30.3 Å². The molecule has 438 valence electrons. The van der Waals surface area contributed by atoms with Crippen LogP contribution in [0.25, 0.3) is 0 Å². The van der Waals surface area contributed by atoms with Crippen LogP contribution in [0.3, 0.4) is 0 Å². The minimum atomic E-state index is -1.28. The molecule has 1 aliphatic rings. The number of ether oxygens (including phenoxy) is 7. The molecule has 5 atom stereocenters. The summed E-state index contributed by atoms with van der Waals surface area (Å²) in [7, 11) is 0. The number of carbonyl (C=O) groups excluding carboxylic acids is 5. The molecule has 1 aliphatic heterocycles. The van der Waals surface area contributed by atoms with E-state index in [2.05, 4.69) is 33.0 Å². The van der Waals surface area contributed by atoms with Crippen molar-refractivity contribution >= 4 is 30.0 Å². The second kappa shape index (κ2) is 48.4. The van der Waals surface area contributed by atoms with Gasteiger partial charge in [-0.05, 0) is 50.5 Å². The first-order valence-corrected chi connectivity index (χ1v) is 31.2. The van der Waals surface area contributed by atoms with E-state index in [1.54, 1.807) is 0 Å². The highest BCUT2D eigenvalue weighted by atomic mass is 16.7. The van der Waals surface area contributed by atoms with Crippen molar-refractivity contribution in [1.82, 2.24) is 5.32 Å². The van der Waals surface area contributed by atoms with Gasteiger partial charge in [0, 0.05) is 38.8 Å². The molecular weight excluding hydrogens is 963 g/mol. The zero-order valence-corrected chi connectivity index (χ0v) is 48.6. The Hall–Kier alpha value is -3.71. The summed E-state index contributed by atoms with van der Waals surface area (Å²) in [5.74, 6) is -1.86. The number of nitrogens with one attached hydrogen (secondary N) is 1. The topological polar surface area (TPSA) is 162 Å². The van der Waals surface area contributed by atoms with Crippen molar-refractivity contribution in [3.63, 3.8) is 0 Å². The lowest BCUT2D eigenvalue weighted by molar-refractivity contribution is -0.309. The monoisotopic (exact) mass is 1070 g/mol. The summed E-state index contributed by atoms with van der Waals surface area (Å²) in [6.07, 6.45) is 30.0. The lowest BCUT2D eigenvalue weighted by Crippen LogP contribution is -2.63. The normalized spacial score (nSPS) is 17.2. The number of unbranched alkanes of at least 4 members (excludes halogenated alkanes) is 30. The van der Waals surface area contributed by atoms with Gasteiger partial charge in [0.25, 0.3) is 0 Å². The van der Waals surface area contributed by atoms with Crippen molar-refractivity contribution in [2.24, 2.45) is 0 Å². The molecule has 13 heteroatoms. The summed E-state index contributed by atoms with van der Waals surface area (Å²) < 4.78 is 43.1. The maximum Gasteiger partial charge on any atom is 0.407 e. The van der Waals surface area contributed by atoms with Gasteiger partial charge in [0.2, 0.25) is 0 Å². The van der Waals surface area contributed by atoms with E-state index in [0.717, 1.165) is 82.6 Å². The van der Waals surface area contributed by atoms with Crippen LogP contribution in [-0.4, -0.2) is 80.4 Å². The van der Waals surface area contributed by atoms with Crippen LogP contribution in [0, 0.1) is 0 Å². The molecule has 0 radical (unpaired) electrons. The lowest BCUT2D eigenvalue weighted by Gasteiger charge is -2.44. The van der Waals surface area contributed by atoms with Gasteiger partial charge >= 0.3 is 30.0 Å². The van der Waals surface area contributed by atoms with E-state index in [1.165, 1.54) is 103 Å². The Morgan fingerprint density at radius 1 is 0.421 bits per heavy atom. The van der Waals surface area contributed by atoms with Crippen LogP contribution >= 0.6 is 0 Å². The second-order valence-corrected chi connectivity index (χ2v) is 21.4. The summed E-state index contributed by atoms with van der Waals surface area (Å²) in [4.78, 5) is 67.4. The molecule has 1 amide bonds. The summed E-state index contributed by atoms with van der Waals surface area (Å²) in [5.41, 5.74) is 0.903. The smallest absolute Gasteiger partial charge is 0.407 e. The van der Waals surface area contributed by atoms with E-state index < -0.39 is 60.7 Å². The molecule has 0 bridgehead atoms. The maximum absolute atomic E-state index is 14.0. The Bertz CT molecular complexity index is 1580. The molecule has 0 saturated carbocycles. The zero-order chi connectivity index (χ0) is 54.9. The Labute approximate surface area is 461 Å². The van der Waals surface area contributed by atoms with Crippen LogP contribution in [-0.2, 0) is 58.9 Å². The SMILES string of the molecule is CCCCCCCCCCC(=O)OC[C@H]1O[C@@H](OCCCCCNC(=O)OCc2ccccc2)[C@H](OC(=O)CCCCCCCCCC)[C@@H](OC(=O)CCCCCCCCCC)[C@@H]1OC(=O)CCCCCCCCCC. The van der Waals surface area contributed by atoms with Crippen molar-refractivity contribution in [2.75, 3.05) is 19.8 Å². The number of carbonyl (C=O) groups is 5. The number of rotatable bonds is 50. The number of hydrogen-bond donors (Lipinski definition) is 1. The third kappa shape index (κ3) is 36.4. The Morgan fingerprint density at radius 2 is 0.803 bits per heavy atom. The van der Waals surface area contributed by atoms with E-state index in [1.807, 2.05) is 30.3 Å². The van der Waals surface area contributed by atoms with Gasteiger partial charge in [-0.1, -0.05) is 238 Å². The van der Waals surface area contributed by atoms with Crippen LogP contribution in [0.4, 0.5) is 4.79 Å². The summed E-state index contributed by atoms with van der Waals surface area (Å²) in [6, 6.07) is 9.50. The largest absolute Gasteiger partial charge is 0.463 e. The highest BCUT2D eigenvalue weighted by Crippen LogP contribution is 2.32. The van der Waals surface area contributed by atoms with Crippen LogP contribution < -0.4 is 5.32 Å². The van der Waals surface area contributed by atoms with E-state index in [-0.39, 0.29) is 45.5 Å². The fraction of sp³-hybridized carbons (Fsp3) is 0.825. The highest BCUT2D eigenvalue weighted by molar-refractivity contribution is 5.72. The molecule has 0 unspecified atom stereocenters. The molecular formula is C63H109NO12. The van der Waals surface area contributed by atoms with Crippen LogP contribution in [0.5, 0.6) is 0 Å². The van der Waals surface area contributed by atoms with Gasteiger partial charge in [-0.25, -0.2) is 4.79 Å². The third-order valence-electron chi connectivity index (χ3n) is 14.3. The molecule has 0 spiro atoms. The molecule has 0 aromatic heterocycles. The summed E-state index contributed by atoms with van der Waals surface area (Å²) in [5, 5.41) is 2.80. The first-order valence-electron chi connectivity index (χ1n) is 31.2. The highest BCUT2D eigenvalue weighted by Gasteiger charge is 2.53. The average molecular weight is 1070 g/mol. The van der Waals surface area contributed by atoms with Gasteiger partial charge in [0.05, 0.1) is 0 Å². The maximum atomic E-state index is 14.0. The van der Waals surface area contributed by atoms with Crippen molar-refractivity contribution in [3.8, 4) is 0 Å². The molecule has 1 fully saturated rings. The summed E-state index contributed by atoms with van der Waals surface area (Å²) in [6.45, 7) is 9.31. The van der Waals surface area contributed by atoms with Gasteiger partial charge in [0.15, 0.2) is 24.6 Å². The predicted octanol–water partition coefficient (Wildman–Crippen LogP) is 16.2. The molecule has 1 saturated heterocycles. The van der Waals surface area contributed by atoms with E-state index >= 15 is 0 Å². The first kappa shape index (κ1) is 68.4. The molecule has 1 aromatic carbocycles. The molecule has 1 N–H and O–H groups in total. The molecule has 2 rings (SSSR count). The van der Waals surface area contributed by atoms with E-state index in [9.17, 15) is 24.0 Å². The zero-order valence-electron chi connectivity index (χ0n) is 48.6. The number of hydrogen-bond acceptors (Lipinski definition) is 12. The second-order valence-electron chi connectivity index (χ2n) is 21.4. The van der Waals surface area contributed by atoms with E-state index in [4.69, 9.17) is 33.2 Å². The van der Waals surface area contributed by atoms with Crippen molar-refractivity contribution in [1.29, 1.82) is 0 Å². The van der Waals surface area contributed by atoms with Gasteiger partial charge in [-0.2, -0.15) is 0 Å². The molecule has 1 aromatic rings. The summed E-state index contributed by atoms with van der Waals surface area (Å²) >= 11 is 0. The minimum Gasteiger partial charge on any atom is -0.463 e. The van der Waals surface area contributed by atoms with Gasteiger partial charge in [-0.3, -0.25) is 19.2 Å². The predicted molar refractivity (Wildman–Crippen MR) is 303 cm³/mol. The Kier molecular flexibility index (Phi) is 43.6. The average Bonchev–Trinajstić information content (AvgIpc) is 3.42. The minimum absolute atomic E-state index is 0.141. The molecule has 13 nitrogen and oxygen atoms in total. The number of amides is 1. The first-order chi connectivity index (χ1) is 37.2. The van der Waals surface area contributed by atoms with Gasteiger partial charge in [-0.15, -0.1) is 0 Å². The number of esters is 4. The van der Waals surface area contributed by atoms with Gasteiger partial charge < -0.3 is 38.5 Å². The fourth-order valence-electron chi connectivity index (χ4n) is 9.61.